The van der Waals surface area contributed by atoms with Gasteiger partial charge in [-0.15, -0.1) is 0 Å². The van der Waals surface area contributed by atoms with Crippen LogP contribution in [0.2, 0.25) is 10.0 Å². The topological polar surface area (TPSA) is 63.2 Å². The number of amides is 1. The first kappa shape index (κ1) is 13.6. The molecule has 1 fully saturated rings. The third kappa shape index (κ3) is 3.16. The summed E-state index contributed by atoms with van der Waals surface area (Å²) in [5.74, 6) is -0.879. The minimum absolute atomic E-state index is 0.0639. The van der Waals surface area contributed by atoms with Gasteiger partial charge in [0.25, 0.3) is 0 Å². The molecule has 2 rings (SSSR count). The van der Waals surface area contributed by atoms with E-state index in [1.54, 1.807) is 12.1 Å². The highest BCUT2D eigenvalue weighted by molar-refractivity contribution is 7.91. The van der Waals surface area contributed by atoms with Crippen molar-refractivity contribution in [2.75, 3.05) is 16.8 Å². The van der Waals surface area contributed by atoms with Crippen molar-refractivity contribution in [3.63, 3.8) is 0 Å². The standard InChI is InChI=1S/C11H11Cl2NO3S/c12-8-1-2-9(13)10(5-8)14-11(15)7-3-4-18(16,17)6-7/h1-2,5,7H,3-4,6H2,(H,14,15)/t7-/m0/s1. The van der Waals surface area contributed by atoms with Crippen molar-refractivity contribution in [1.82, 2.24) is 0 Å². The van der Waals surface area contributed by atoms with Crippen molar-refractivity contribution in [3.8, 4) is 0 Å². The van der Waals surface area contributed by atoms with Crippen molar-refractivity contribution >= 4 is 44.6 Å². The number of benzene rings is 1. The van der Waals surface area contributed by atoms with Gasteiger partial charge in [0.05, 0.1) is 28.1 Å². The van der Waals surface area contributed by atoms with Gasteiger partial charge < -0.3 is 5.32 Å². The summed E-state index contributed by atoms with van der Waals surface area (Å²) < 4.78 is 22.6. The molecule has 1 aromatic carbocycles. The second-order valence-electron chi connectivity index (χ2n) is 4.21. The Morgan fingerprint density at radius 1 is 1.33 bits per heavy atom. The zero-order valence-corrected chi connectivity index (χ0v) is 11.6. The molecule has 1 aromatic rings. The second-order valence-corrected chi connectivity index (χ2v) is 7.29. The maximum Gasteiger partial charge on any atom is 0.228 e. The molecule has 4 nitrogen and oxygen atoms in total. The minimum atomic E-state index is -3.07. The molecule has 1 amide bonds. The molecule has 1 aliphatic heterocycles. The lowest BCUT2D eigenvalue weighted by Gasteiger charge is -2.11. The second kappa shape index (κ2) is 5.07. The van der Waals surface area contributed by atoms with E-state index >= 15 is 0 Å². The van der Waals surface area contributed by atoms with Gasteiger partial charge in [-0.3, -0.25) is 4.79 Å². The molecule has 98 valence electrons. The van der Waals surface area contributed by atoms with E-state index < -0.39 is 15.8 Å². The molecular formula is C11H11Cl2NO3S. The normalized spacial score (nSPS) is 21.8. The summed E-state index contributed by atoms with van der Waals surface area (Å²) in [5, 5.41) is 3.43. The van der Waals surface area contributed by atoms with Crippen molar-refractivity contribution in [1.29, 1.82) is 0 Å². The number of hydrogen-bond acceptors (Lipinski definition) is 3. The van der Waals surface area contributed by atoms with Crippen molar-refractivity contribution < 1.29 is 13.2 Å². The van der Waals surface area contributed by atoms with E-state index in [0.29, 0.717) is 22.2 Å². The molecular weight excluding hydrogens is 297 g/mol. The van der Waals surface area contributed by atoms with Crippen LogP contribution in [-0.2, 0) is 14.6 Å². The molecule has 0 unspecified atom stereocenters. The number of carbonyl (C=O) groups is 1. The molecule has 0 bridgehead atoms. The fourth-order valence-electron chi connectivity index (χ4n) is 1.83. The van der Waals surface area contributed by atoms with Gasteiger partial charge in [-0.2, -0.15) is 0 Å². The Kier molecular flexibility index (Phi) is 3.84. The maximum atomic E-state index is 11.9. The Morgan fingerprint density at radius 2 is 2.06 bits per heavy atom. The van der Waals surface area contributed by atoms with E-state index in [1.165, 1.54) is 6.07 Å². The third-order valence-corrected chi connectivity index (χ3v) is 5.12. The number of nitrogens with one attached hydrogen (secondary N) is 1. The van der Waals surface area contributed by atoms with E-state index in [-0.39, 0.29) is 17.4 Å². The van der Waals surface area contributed by atoms with E-state index in [2.05, 4.69) is 5.32 Å². The van der Waals surface area contributed by atoms with Gasteiger partial charge >= 0.3 is 0 Å². The summed E-state index contributed by atoms with van der Waals surface area (Å²) in [6.45, 7) is 0. The first-order valence-corrected chi connectivity index (χ1v) is 7.91. The summed E-state index contributed by atoms with van der Waals surface area (Å²) in [6.07, 6.45) is 0.354. The number of hydrogen-bond donors (Lipinski definition) is 1. The first-order valence-electron chi connectivity index (χ1n) is 5.34. The van der Waals surface area contributed by atoms with Gasteiger partial charge in [0, 0.05) is 5.02 Å². The van der Waals surface area contributed by atoms with Crippen LogP contribution in [0.15, 0.2) is 18.2 Å². The molecule has 1 heterocycles. The van der Waals surface area contributed by atoms with E-state index in [0.717, 1.165) is 0 Å². The van der Waals surface area contributed by atoms with Crippen LogP contribution in [0.3, 0.4) is 0 Å². The van der Waals surface area contributed by atoms with E-state index in [4.69, 9.17) is 23.2 Å². The summed E-state index contributed by atoms with van der Waals surface area (Å²) in [7, 11) is -3.07. The van der Waals surface area contributed by atoms with Crippen molar-refractivity contribution in [2.24, 2.45) is 5.92 Å². The highest BCUT2D eigenvalue weighted by Crippen LogP contribution is 2.27. The van der Waals surface area contributed by atoms with Gasteiger partial charge in [-0.1, -0.05) is 23.2 Å². The number of anilines is 1. The molecule has 1 atom stereocenters. The quantitative estimate of drug-likeness (QED) is 0.912. The smallest absolute Gasteiger partial charge is 0.228 e. The van der Waals surface area contributed by atoms with Crippen LogP contribution >= 0.6 is 23.2 Å². The van der Waals surface area contributed by atoms with Crippen LogP contribution in [0.1, 0.15) is 6.42 Å². The van der Waals surface area contributed by atoms with Crippen LogP contribution in [0.4, 0.5) is 5.69 Å². The predicted molar refractivity (Wildman–Crippen MR) is 71.9 cm³/mol. The average molecular weight is 308 g/mol. The van der Waals surface area contributed by atoms with Gasteiger partial charge in [-0.05, 0) is 24.6 Å². The fraction of sp³-hybridized carbons (Fsp3) is 0.364. The monoisotopic (exact) mass is 307 g/mol. The van der Waals surface area contributed by atoms with Gasteiger partial charge in [0.15, 0.2) is 9.84 Å². The highest BCUT2D eigenvalue weighted by atomic mass is 35.5. The molecule has 0 spiro atoms. The zero-order valence-electron chi connectivity index (χ0n) is 9.32. The predicted octanol–water partition coefficient (Wildman–Crippen LogP) is 2.37. The Balaban J connectivity index is 2.10. The lowest BCUT2D eigenvalue weighted by molar-refractivity contribution is -0.119. The summed E-state index contributed by atoms with van der Waals surface area (Å²) in [6, 6.07) is 4.72. The lowest BCUT2D eigenvalue weighted by atomic mass is 10.1. The number of halogens is 2. The molecule has 0 saturated carbocycles. The van der Waals surface area contributed by atoms with Crippen molar-refractivity contribution in [3.05, 3.63) is 28.2 Å². The van der Waals surface area contributed by atoms with E-state index in [1.807, 2.05) is 0 Å². The molecule has 18 heavy (non-hydrogen) atoms. The first-order chi connectivity index (χ1) is 8.37. The molecule has 1 N–H and O–H groups in total. The summed E-state index contributed by atoms with van der Waals surface area (Å²) >= 11 is 11.7. The summed E-state index contributed by atoms with van der Waals surface area (Å²) in [4.78, 5) is 11.9. The fourth-order valence-corrected chi connectivity index (χ4v) is 3.91. The van der Waals surface area contributed by atoms with E-state index in [9.17, 15) is 13.2 Å². The Bertz CT molecular complexity index is 586. The van der Waals surface area contributed by atoms with Crippen LogP contribution in [0, 0.1) is 5.92 Å². The molecule has 0 aliphatic carbocycles. The number of sulfone groups is 1. The maximum absolute atomic E-state index is 11.9. The SMILES string of the molecule is O=C(Nc1cc(Cl)ccc1Cl)[C@H]1CCS(=O)(=O)C1. The molecule has 0 radical (unpaired) electrons. The number of carbonyl (C=O) groups excluding carboxylic acids is 1. The Labute approximate surface area is 115 Å². The van der Waals surface area contributed by atoms with Gasteiger partial charge in [0.2, 0.25) is 5.91 Å². The Morgan fingerprint density at radius 3 is 2.67 bits per heavy atom. The van der Waals surface area contributed by atoms with Crippen LogP contribution < -0.4 is 5.32 Å². The molecule has 0 aromatic heterocycles. The van der Waals surface area contributed by atoms with Crippen LogP contribution in [0.5, 0.6) is 0 Å². The number of rotatable bonds is 2. The van der Waals surface area contributed by atoms with Gasteiger partial charge in [-0.25, -0.2) is 8.42 Å². The molecule has 1 aliphatic rings. The minimum Gasteiger partial charge on any atom is -0.324 e. The van der Waals surface area contributed by atoms with Gasteiger partial charge in [0.1, 0.15) is 0 Å². The lowest BCUT2D eigenvalue weighted by Crippen LogP contribution is -2.23. The largest absolute Gasteiger partial charge is 0.324 e. The zero-order chi connectivity index (χ0) is 13.3. The summed E-state index contributed by atoms with van der Waals surface area (Å²) in [5.41, 5.74) is 0.401. The molecule has 1 saturated heterocycles. The average Bonchev–Trinajstić information content (AvgIpc) is 2.64. The van der Waals surface area contributed by atoms with Crippen LogP contribution in [0.25, 0.3) is 0 Å². The Hall–Kier alpha value is -0.780. The van der Waals surface area contributed by atoms with Crippen molar-refractivity contribution in [2.45, 2.75) is 6.42 Å². The van der Waals surface area contributed by atoms with Crippen LogP contribution in [-0.4, -0.2) is 25.8 Å². The molecule has 7 heteroatoms. The third-order valence-electron chi connectivity index (χ3n) is 2.79. The highest BCUT2D eigenvalue weighted by Gasteiger charge is 2.33.